The van der Waals surface area contributed by atoms with Crippen LogP contribution in [0.25, 0.3) is 0 Å². The summed E-state index contributed by atoms with van der Waals surface area (Å²) < 4.78 is 0. The summed E-state index contributed by atoms with van der Waals surface area (Å²) in [5.41, 5.74) is 1.21. The van der Waals surface area contributed by atoms with Crippen LogP contribution in [-0.4, -0.2) is 41.6 Å². The molecular formula is C22H23ClN2O3. The van der Waals surface area contributed by atoms with E-state index in [1.807, 2.05) is 18.2 Å². The lowest BCUT2D eigenvalue weighted by atomic mass is 10.0. The summed E-state index contributed by atoms with van der Waals surface area (Å²) in [7, 11) is 0. The molecule has 0 radical (unpaired) electrons. The van der Waals surface area contributed by atoms with Gasteiger partial charge in [0.15, 0.2) is 5.78 Å². The van der Waals surface area contributed by atoms with Crippen molar-refractivity contribution >= 4 is 29.2 Å². The number of piperidine rings is 1. The molecule has 2 aromatic rings. The van der Waals surface area contributed by atoms with Gasteiger partial charge in [0.05, 0.1) is 0 Å². The first kappa shape index (κ1) is 20.1. The van der Waals surface area contributed by atoms with Crippen LogP contribution < -0.4 is 5.32 Å². The highest BCUT2D eigenvalue weighted by Crippen LogP contribution is 2.15. The third kappa shape index (κ3) is 5.42. The zero-order valence-corrected chi connectivity index (χ0v) is 16.3. The number of nitrogens with one attached hydrogen (secondary N) is 1. The Morgan fingerprint density at radius 3 is 2.18 bits per heavy atom. The maximum absolute atomic E-state index is 12.4. The van der Waals surface area contributed by atoms with Crippen molar-refractivity contribution in [2.24, 2.45) is 0 Å². The highest BCUT2D eigenvalue weighted by molar-refractivity contribution is 6.30. The normalized spacial score (nSPS) is 14.5. The van der Waals surface area contributed by atoms with E-state index in [4.69, 9.17) is 11.6 Å². The van der Waals surface area contributed by atoms with Gasteiger partial charge in [0.1, 0.15) is 0 Å². The second-order valence-electron chi connectivity index (χ2n) is 6.92. The van der Waals surface area contributed by atoms with E-state index in [2.05, 4.69) is 5.32 Å². The number of halogens is 1. The second kappa shape index (κ2) is 9.51. The maximum atomic E-state index is 12.4. The summed E-state index contributed by atoms with van der Waals surface area (Å²) in [6, 6.07) is 15.9. The van der Waals surface area contributed by atoms with Crippen molar-refractivity contribution < 1.29 is 14.4 Å². The number of likely N-dealkylation sites (tertiary alicyclic amines) is 1. The largest absolute Gasteiger partial charge is 0.349 e. The minimum absolute atomic E-state index is 0.0184. The molecule has 2 aromatic carbocycles. The van der Waals surface area contributed by atoms with Crippen molar-refractivity contribution in [2.45, 2.75) is 31.7 Å². The third-order valence-corrected chi connectivity index (χ3v) is 5.20. The van der Waals surface area contributed by atoms with Gasteiger partial charge >= 0.3 is 0 Å². The number of amides is 2. The number of Topliss-reactive ketones (excluding diaryl/α,β-unsaturated/α-hetero) is 1. The number of hydrogen-bond donors (Lipinski definition) is 1. The average Bonchev–Trinajstić information content (AvgIpc) is 2.73. The topological polar surface area (TPSA) is 66.5 Å². The number of hydrogen-bond acceptors (Lipinski definition) is 3. The highest BCUT2D eigenvalue weighted by atomic mass is 35.5. The number of nitrogens with zero attached hydrogens (tertiary/aromatic N) is 1. The van der Waals surface area contributed by atoms with E-state index in [1.165, 1.54) is 0 Å². The average molecular weight is 399 g/mol. The van der Waals surface area contributed by atoms with E-state index in [-0.39, 0.29) is 36.5 Å². The lowest BCUT2D eigenvalue weighted by Gasteiger charge is -2.32. The summed E-state index contributed by atoms with van der Waals surface area (Å²) >= 11 is 5.83. The molecule has 6 heteroatoms. The standard InChI is InChI=1S/C22H23ClN2O3/c23-18-8-6-16(7-9-18)20(26)10-11-21(27)25-14-12-19(13-15-25)24-22(28)17-4-2-1-3-5-17/h1-9,19H,10-15H2,(H,24,28). The van der Waals surface area contributed by atoms with Gasteiger partial charge in [-0.1, -0.05) is 29.8 Å². The van der Waals surface area contributed by atoms with Crippen LogP contribution in [0.5, 0.6) is 0 Å². The molecule has 0 bridgehead atoms. The number of benzene rings is 2. The van der Waals surface area contributed by atoms with Gasteiger partial charge < -0.3 is 10.2 Å². The molecule has 0 spiro atoms. The molecule has 0 aromatic heterocycles. The van der Waals surface area contributed by atoms with Crippen LogP contribution in [0.3, 0.4) is 0 Å². The van der Waals surface area contributed by atoms with Gasteiger partial charge in [-0.25, -0.2) is 0 Å². The van der Waals surface area contributed by atoms with Crippen LogP contribution in [0.15, 0.2) is 54.6 Å². The Morgan fingerprint density at radius 1 is 0.893 bits per heavy atom. The SMILES string of the molecule is O=C(CCC(=O)N1CCC(NC(=O)c2ccccc2)CC1)c1ccc(Cl)cc1. The Hall–Kier alpha value is -2.66. The molecule has 1 N–H and O–H groups in total. The van der Waals surface area contributed by atoms with Gasteiger partial charge in [-0.3, -0.25) is 14.4 Å². The predicted octanol–water partition coefficient (Wildman–Crippen LogP) is 3.72. The lowest BCUT2D eigenvalue weighted by molar-refractivity contribution is -0.132. The summed E-state index contributed by atoms with van der Waals surface area (Å²) in [6.07, 6.45) is 1.82. The van der Waals surface area contributed by atoms with Crippen LogP contribution in [0.1, 0.15) is 46.4 Å². The number of rotatable bonds is 6. The molecule has 0 aliphatic carbocycles. The van der Waals surface area contributed by atoms with Gasteiger partial charge in [0.2, 0.25) is 5.91 Å². The second-order valence-corrected chi connectivity index (χ2v) is 7.36. The number of carbonyl (C=O) groups is 3. The van der Waals surface area contributed by atoms with E-state index in [0.29, 0.717) is 29.2 Å². The summed E-state index contributed by atoms with van der Waals surface area (Å²) in [6.45, 7) is 1.18. The molecule has 5 nitrogen and oxygen atoms in total. The summed E-state index contributed by atoms with van der Waals surface area (Å²) in [5.74, 6) is -0.163. The molecule has 1 fully saturated rings. The molecule has 0 unspecified atom stereocenters. The van der Waals surface area contributed by atoms with Gasteiger partial charge in [-0.15, -0.1) is 0 Å². The Bertz CT molecular complexity index is 829. The first-order valence-electron chi connectivity index (χ1n) is 9.45. The van der Waals surface area contributed by atoms with Crippen molar-refractivity contribution in [3.05, 3.63) is 70.7 Å². The maximum Gasteiger partial charge on any atom is 0.251 e. The molecule has 1 heterocycles. The predicted molar refractivity (Wildman–Crippen MR) is 109 cm³/mol. The molecule has 3 rings (SSSR count). The molecule has 0 atom stereocenters. The van der Waals surface area contributed by atoms with Crippen molar-refractivity contribution in [1.82, 2.24) is 10.2 Å². The van der Waals surface area contributed by atoms with E-state index in [1.54, 1.807) is 41.3 Å². The minimum atomic E-state index is -0.0843. The molecule has 1 aliphatic heterocycles. The zero-order valence-electron chi connectivity index (χ0n) is 15.6. The van der Waals surface area contributed by atoms with Crippen molar-refractivity contribution in [3.63, 3.8) is 0 Å². The van der Waals surface area contributed by atoms with Gasteiger partial charge in [-0.2, -0.15) is 0 Å². The van der Waals surface area contributed by atoms with Crippen LogP contribution in [0, 0.1) is 0 Å². The van der Waals surface area contributed by atoms with Gasteiger partial charge in [0.25, 0.3) is 5.91 Å². The van der Waals surface area contributed by atoms with Gasteiger partial charge in [-0.05, 0) is 49.2 Å². The van der Waals surface area contributed by atoms with Crippen LogP contribution in [0.4, 0.5) is 0 Å². The van der Waals surface area contributed by atoms with Crippen LogP contribution in [0.2, 0.25) is 5.02 Å². The van der Waals surface area contributed by atoms with Crippen LogP contribution >= 0.6 is 11.6 Å². The minimum Gasteiger partial charge on any atom is -0.349 e. The molecule has 28 heavy (non-hydrogen) atoms. The van der Waals surface area contributed by atoms with E-state index < -0.39 is 0 Å². The summed E-state index contributed by atoms with van der Waals surface area (Å²) in [5, 5.41) is 3.61. The van der Waals surface area contributed by atoms with E-state index in [9.17, 15) is 14.4 Å². The Morgan fingerprint density at radius 2 is 1.54 bits per heavy atom. The Kier molecular flexibility index (Phi) is 6.82. The quantitative estimate of drug-likeness (QED) is 0.754. The number of carbonyl (C=O) groups excluding carboxylic acids is 3. The monoisotopic (exact) mass is 398 g/mol. The number of ketones is 1. The fraction of sp³-hybridized carbons (Fsp3) is 0.318. The lowest BCUT2D eigenvalue weighted by Crippen LogP contribution is -2.46. The van der Waals surface area contributed by atoms with Crippen molar-refractivity contribution in [2.75, 3.05) is 13.1 Å². The molecule has 1 saturated heterocycles. The summed E-state index contributed by atoms with van der Waals surface area (Å²) in [4.78, 5) is 38.6. The molecule has 1 aliphatic rings. The smallest absolute Gasteiger partial charge is 0.251 e. The molecule has 146 valence electrons. The molecule has 2 amide bonds. The third-order valence-electron chi connectivity index (χ3n) is 4.95. The fourth-order valence-corrected chi connectivity index (χ4v) is 3.42. The molecule has 0 saturated carbocycles. The van der Waals surface area contributed by atoms with Crippen molar-refractivity contribution in [3.8, 4) is 0 Å². The van der Waals surface area contributed by atoms with Gasteiger partial charge in [0, 0.05) is 48.1 Å². The van der Waals surface area contributed by atoms with E-state index in [0.717, 1.165) is 12.8 Å². The van der Waals surface area contributed by atoms with Crippen molar-refractivity contribution in [1.29, 1.82) is 0 Å². The highest BCUT2D eigenvalue weighted by Gasteiger charge is 2.24. The Balaban J connectivity index is 1.41. The molecular weight excluding hydrogens is 376 g/mol. The Labute approximate surface area is 169 Å². The first-order valence-corrected chi connectivity index (χ1v) is 9.83. The zero-order chi connectivity index (χ0) is 19.9. The fourth-order valence-electron chi connectivity index (χ4n) is 3.29. The first-order chi connectivity index (χ1) is 13.5. The van der Waals surface area contributed by atoms with Crippen LogP contribution in [-0.2, 0) is 4.79 Å². The van der Waals surface area contributed by atoms with E-state index >= 15 is 0 Å².